The molecule has 0 aromatic heterocycles. The summed E-state index contributed by atoms with van der Waals surface area (Å²) in [7, 11) is 0.120. The van der Waals surface area contributed by atoms with Crippen LogP contribution in [-0.2, 0) is 0 Å². The summed E-state index contributed by atoms with van der Waals surface area (Å²) >= 11 is 0.951. The molecule has 0 spiro atoms. The van der Waals surface area contributed by atoms with Crippen LogP contribution in [0.5, 0.6) is 0 Å². The predicted molar refractivity (Wildman–Crippen MR) is 59.9 cm³/mol. The molecule has 0 aliphatic heterocycles. The zero-order valence-electron chi connectivity index (χ0n) is 8.29. The van der Waals surface area contributed by atoms with Crippen molar-refractivity contribution in [2.75, 3.05) is 0 Å². The van der Waals surface area contributed by atoms with Crippen LogP contribution in [-0.4, -0.2) is 35.1 Å². The van der Waals surface area contributed by atoms with E-state index in [0.717, 1.165) is 28.1 Å². The van der Waals surface area contributed by atoms with Gasteiger partial charge in [0.05, 0.1) is 0 Å². The van der Waals surface area contributed by atoms with Gasteiger partial charge >= 0.3 is 67.0 Å². The van der Waals surface area contributed by atoms with Crippen LogP contribution >= 0.6 is 0 Å². The van der Waals surface area contributed by atoms with Crippen molar-refractivity contribution in [3.63, 3.8) is 0 Å². The van der Waals surface area contributed by atoms with Crippen molar-refractivity contribution in [2.45, 2.75) is 19.6 Å². The van der Waals surface area contributed by atoms with E-state index in [1.54, 1.807) is 0 Å². The molecule has 0 bridgehead atoms. The summed E-state index contributed by atoms with van der Waals surface area (Å²) in [5.41, 5.74) is 0.815. The molecule has 3 heteroatoms. The Balaban J connectivity index is 0.000000310. The van der Waals surface area contributed by atoms with Gasteiger partial charge in [-0.25, -0.2) is 0 Å². The summed E-state index contributed by atoms with van der Waals surface area (Å²) in [6.45, 7) is 6.81. The van der Waals surface area contributed by atoms with Crippen molar-refractivity contribution in [1.82, 2.24) is 0 Å². The van der Waals surface area contributed by atoms with Crippen LogP contribution in [0.1, 0.15) is 10.4 Å². The van der Waals surface area contributed by atoms with Crippen LogP contribution in [0.4, 0.5) is 0 Å². The Labute approximate surface area is 95.2 Å². The summed E-state index contributed by atoms with van der Waals surface area (Å²) in [5, 5.41) is 0. The first-order chi connectivity index (χ1) is 6.04. The minimum atomic E-state index is 0.120. The molecule has 68 valence electrons. The van der Waals surface area contributed by atoms with Gasteiger partial charge in [-0.05, 0) is 0 Å². The summed E-state index contributed by atoms with van der Waals surface area (Å²) in [6.07, 6.45) is 0. The van der Waals surface area contributed by atoms with Gasteiger partial charge in [0.25, 0.3) is 0 Å². The van der Waals surface area contributed by atoms with Crippen molar-refractivity contribution in [1.29, 1.82) is 0 Å². The Bertz CT molecular complexity index is 244. The minimum absolute atomic E-state index is 0.120. The van der Waals surface area contributed by atoms with E-state index >= 15 is 0 Å². The second kappa shape index (κ2) is 7.32. The molecule has 0 amide bonds. The number of carbonyl (C=O) groups excluding carboxylic acids is 1. The van der Waals surface area contributed by atoms with Gasteiger partial charge in [0.2, 0.25) is 0 Å². The van der Waals surface area contributed by atoms with E-state index in [2.05, 4.69) is 19.6 Å². The van der Waals surface area contributed by atoms with E-state index in [1.807, 2.05) is 30.3 Å². The Morgan fingerprint density at radius 2 is 1.54 bits per heavy atom. The Hall–Kier alpha value is -0.0944. The topological polar surface area (TPSA) is 17.1 Å². The van der Waals surface area contributed by atoms with Crippen LogP contribution in [0.3, 0.4) is 0 Å². The zero-order valence-corrected chi connectivity index (χ0v) is 12.1. The van der Waals surface area contributed by atoms with Gasteiger partial charge in [-0.15, -0.1) is 0 Å². The normalized spacial score (nSPS) is 9.00. The fourth-order valence-corrected chi connectivity index (χ4v) is 1.07. The standard InChI is InChI=1S/C7H5O.C3H9Si.Sn/c8-6-7-4-2-1-3-5-7;1-4(2)3;/h1-5H;1-3H3;. The zero-order chi connectivity index (χ0) is 10.3. The number of carbonyl (C=O) groups is 1. The maximum absolute atomic E-state index is 10.7. The number of rotatable bonds is 1. The van der Waals surface area contributed by atoms with Crippen molar-refractivity contribution in [3.05, 3.63) is 35.9 Å². The summed E-state index contributed by atoms with van der Waals surface area (Å²) < 4.78 is 0.211. The van der Waals surface area contributed by atoms with Crippen LogP contribution in [0.15, 0.2) is 30.3 Å². The maximum atomic E-state index is 10.7. The first kappa shape index (κ1) is 12.9. The first-order valence-corrected chi connectivity index (χ1v) is 8.54. The molecular weight excluding hydrogens is 283 g/mol. The van der Waals surface area contributed by atoms with Crippen molar-refractivity contribution < 1.29 is 4.79 Å². The monoisotopic (exact) mass is 298 g/mol. The van der Waals surface area contributed by atoms with Gasteiger partial charge in [-0.2, -0.15) is 0 Å². The molecule has 0 fully saturated rings. The van der Waals surface area contributed by atoms with Crippen LogP contribution in [0.25, 0.3) is 0 Å². The molecule has 4 radical (unpaired) electrons. The quantitative estimate of drug-likeness (QED) is 0.727. The second-order valence-electron chi connectivity index (χ2n) is 3.20. The van der Waals surface area contributed by atoms with E-state index in [9.17, 15) is 4.79 Å². The molecule has 13 heavy (non-hydrogen) atoms. The van der Waals surface area contributed by atoms with Crippen molar-refractivity contribution in [2.24, 2.45) is 0 Å². The van der Waals surface area contributed by atoms with Gasteiger partial charge in [-0.1, -0.05) is 19.6 Å². The van der Waals surface area contributed by atoms with Crippen LogP contribution < -0.4 is 0 Å². The molecule has 0 saturated heterocycles. The molecule has 1 rings (SSSR count). The SMILES string of the molecule is C[Si](C)C.O=[C]([Sn])c1ccccc1. The summed E-state index contributed by atoms with van der Waals surface area (Å²) in [6, 6.07) is 9.31. The molecule has 0 aliphatic carbocycles. The number of benzene rings is 1. The van der Waals surface area contributed by atoms with Crippen molar-refractivity contribution >= 4 is 35.1 Å². The molecule has 0 unspecified atom stereocenters. The fraction of sp³-hybridized carbons (Fsp3) is 0.300. The molecular formula is C10H14OSiSn. The molecule has 1 aromatic carbocycles. The summed E-state index contributed by atoms with van der Waals surface area (Å²) in [4.78, 5) is 10.7. The van der Waals surface area contributed by atoms with Crippen LogP contribution in [0, 0.1) is 0 Å². The Morgan fingerprint density at radius 1 is 1.15 bits per heavy atom. The summed E-state index contributed by atoms with van der Waals surface area (Å²) in [5.74, 6) is 0. The molecule has 0 heterocycles. The van der Waals surface area contributed by atoms with E-state index in [1.165, 1.54) is 0 Å². The number of hydrogen-bond donors (Lipinski definition) is 0. The first-order valence-electron chi connectivity index (χ1n) is 4.11. The van der Waals surface area contributed by atoms with Gasteiger partial charge in [0, 0.05) is 8.80 Å². The van der Waals surface area contributed by atoms with Crippen LogP contribution in [0.2, 0.25) is 19.6 Å². The molecule has 0 saturated carbocycles. The molecule has 0 aliphatic rings. The molecule has 1 aromatic rings. The van der Waals surface area contributed by atoms with E-state index in [4.69, 9.17) is 0 Å². The number of hydrogen-bond acceptors (Lipinski definition) is 1. The second-order valence-corrected chi connectivity index (χ2v) is 7.49. The third kappa shape index (κ3) is 8.24. The third-order valence-electron chi connectivity index (χ3n) is 1.04. The van der Waals surface area contributed by atoms with Gasteiger partial charge in [0.1, 0.15) is 0 Å². The Morgan fingerprint density at radius 3 is 1.77 bits per heavy atom. The molecule has 0 atom stereocenters. The predicted octanol–water partition coefficient (Wildman–Crippen LogP) is 2.37. The van der Waals surface area contributed by atoms with Crippen molar-refractivity contribution in [3.8, 4) is 0 Å². The van der Waals surface area contributed by atoms with Gasteiger partial charge in [-0.3, -0.25) is 0 Å². The third-order valence-corrected chi connectivity index (χ3v) is 1.86. The van der Waals surface area contributed by atoms with Gasteiger partial charge < -0.3 is 0 Å². The van der Waals surface area contributed by atoms with E-state index < -0.39 is 0 Å². The average molecular weight is 297 g/mol. The van der Waals surface area contributed by atoms with E-state index in [0.29, 0.717) is 0 Å². The fourth-order valence-electron chi connectivity index (χ4n) is 0.590. The van der Waals surface area contributed by atoms with E-state index in [-0.39, 0.29) is 12.6 Å². The Kier molecular flexibility index (Phi) is 7.27. The average Bonchev–Trinajstić information content (AvgIpc) is 2.05. The molecule has 1 nitrogen and oxygen atoms in total. The molecule has 0 N–H and O–H groups in total. The van der Waals surface area contributed by atoms with Gasteiger partial charge in [0.15, 0.2) is 0 Å².